The molecule has 0 unspecified atom stereocenters. The van der Waals surface area contributed by atoms with Crippen LogP contribution in [0.5, 0.6) is 17.2 Å². The molecule has 0 fully saturated rings. The number of halogens is 1. The fourth-order valence-corrected chi connectivity index (χ4v) is 4.07. The molecule has 3 aromatic rings. The lowest BCUT2D eigenvalue weighted by Gasteiger charge is -2.37. The van der Waals surface area contributed by atoms with Crippen molar-refractivity contribution in [1.29, 1.82) is 0 Å². The molecular formula is C23H24ClN3O4. The van der Waals surface area contributed by atoms with Crippen LogP contribution in [0.1, 0.15) is 17.3 Å². The van der Waals surface area contributed by atoms with Gasteiger partial charge in [0.15, 0.2) is 11.5 Å². The van der Waals surface area contributed by atoms with Crippen LogP contribution in [0.25, 0.3) is 0 Å². The number of fused-ring (bicyclic) bond motifs is 1. The second-order valence-corrected chi connectivity index (χ2v) is 7.55. The minimum atomic E-state index is -0.233. The third kappa shape index (κ3) is 4.01. The Hall–Kier alpha value is -3.32. The molecule has 2 aromatic carbocycles. The van der Waals surface area contributed by atoms with E-state index in [2.05, 4.69) is 9.88 Å². The van der Waals surface area contributed by atoms with Gasteiger partial charge in [-0.15, -0.1) is 0 Å². The summed E-state index contributed by atoms with van der Waals surface area (Å²) in [4.78, 5) is 15.2. The minimum Gasteiger partial charge on any atom is -0.493 e. The quantitative estimate of drug-likeness (QED) is 0.617. The first-order valence-electron chi connectivity index (χ1n) is 9.84. The van der Waals surface area contributed by atoms with Gasteiger partial charge >= 0.3 is 6.03 Å². The summed E-state index contributed by atoms with van der Waals surface area (Å²) in [7, 11) is 4.62. The van der Waals surface area contributed by atoms with E-state index in [1.54, 1.807) is 12.1 Å². The molecule has 0 radical (unpaired) electrons. The van der Waals surface area contributed by atoms with Crippen molar-refractivity contribution in [3.63, 3.8) is 0 Å². The zero-order chi connectivity index (χ0) is 22.0. The average molecular weight is 442 g/mol. The first kappa shape index (κ1) is 20.9. The molecule has 2 amide bonds. The molecule has 1 N–H and O–H groups in total. The summed E-state index contributed by atoms with van der Waals surface area (Å²) in [5, 5.41) is 3.64. The van der Waals surface area contributed by atoms with E-state index in [4.69, 9.17) is 25.8 Å². The third-order valence-electron chi connectivity index (χ3n) is 5.40. The molecule has 1 aliphatic heterocycles. The fourth-order valence-electron chi connectivity index (χ4n) is 3.95. The predicted molar refractivity (Wildman–Crippen MR) is 120 cm³/mol. The number of urea groups is 1. The van der Waals surface area contributed by atoms with Crippen molar-refractivity contribution >= 4 is 23.3 Å². The number of carbonyl (C=O) groups is 1. The number of hydrogen-bond acceptors (Lipinski definition) is 4. The summed E-state index contributed by atoms with van der Waals surface area (Å²) in [6, 6.07) is 14.6. The van der Waals surface area contributed by atoms with Crippen molar-refractivity contribution in [2.24, 2.45) is 0 Å². The zero-order valence-corrected chi connectivity index (χ0v) is 18.3. The highest BCUT2D eigenvalue weighted by molar-refractivity contribution is 6.30. The number of nitrogens with zero attached hydrogens (tertiary/aromatic N) is 2. The van der Waals surface area contributed by atoms with Crippen LogP contribution in [-0.4, -0.2) is 43.4 Å². The molecule has 7 nitrogen and oxygen atoms in total. The Labute approximate surface area is 186 Å². The number of benzene rings is 2. The first-order chi connectivity index (χ1) is 15.0. The maximum Gasteiger partial charge on any atom is 0.322 e. The predicted octanol–water partition coefficient (Wildman–Crippen LogP) is 4.80. The highest BCUT2D eigenvalue weighted by Gasteiger charge is 2.32. The average Bonchev–Trinajstić information content (AvgIpc) is 3.27. The maximum atomic E-state index is 13.4. The molecule has 1 atom stereocenters. The van der Waals surface area contributed by atoms with Gasteiger partial charge in [-0.1, -0.05) is 23.7 Å². The van der Waals surface area contributed by atoms with Crippen LogP contribution >= 0.6 is 11.6 Å². The van der Waals surface area contributed by atoms with Crippen LogP contribution in [-0.2, 0) is 6.54 Å². The lowest BCUT2D eigenvalue weighted by Crippen LogP contribution is -2.44. The monoisotopic (exact) mass is 441 g/mol. The minimum absolute atomic E-state index is 0.221. The van der Waals surface area contributed by atoms with Gasteiger partial charge < -0.3 is 29.0 Å². The number of hydrogen-bond donors (Lipinski definition) is 1. The SMILES string of the molecule is COc1cc(NC(=O)N2CCn3cccc3[C@@H]2c2ccc(Cl)cc2)cc(OC)c1OC. The largest absolute Gasteiger partial charge is 0.493 e. The number of rotatable bonds is 5. The van der Waals surface area contributed by atoms with E-state index in [9.17, 15) is 4.79 Å². The van der Waals surface area contributed by atoms with Crippen LogP contribution in [0.2, 0.25) is 5.02 Å². The van der Waals surface area contributed by atoms with E-state index in [0.717, 1.165) is 17.8 Å². The Morgan fingerprint density at radius 3 is 2.29 bits per heavy atom. The smallest absolute Gasteiger partial charge is 0.322 e. The maximum absolute atomic E-state index is 13.4. The molecule has 1 aliphatic rings. The van der Waals surface area contributed by atoms with Gasteiger partial charge in [0.2, 0.25) is 5.75 Å². The Kier molecular flexibility index (Phi) is 5.95. The van der Waals surface area contributed by atoms with Crippen molar-refractivity contribution in [3.05, 3.63) is 71.0 Å². The van der Waals surface area contributed by atoms with Crippen molar-refractivity contribution in [3.8, 4) is 17.2 Å². The van der Waals surface area contributed by atoms with Crippen molar-refractivity contribution < 1.29 is 19.0 Å². The summed E-state index contributed by atoms with van der Waals surface area (Å²) in [5.74, 6) is 1.41. The van der Waals surface area contributed by atoms with Gasteiger partial charge in [0.05, 0.1) is 33.1 Å². The van der Waals surface area contributed by atoms with Gasteiger partial charge in [0.1, 0.15) is 0 Å². The lowest BCUT2D eigenvalue weighted by molar-refractivity contribution is 0.182. The second kappa shape index (κ2) is 8.81. The van der Waals surface area contributed by atoms with E-state index in [0.29, 0.717) is 34.5 Å². The third-order valence-corrected chi connectivity index (χ3v) is 5.65. The standard InChI is InChI=1S/C23H24ClN3O4/c1-29-19-13-17(14-20(30-2)22(19)31-3)25-23(28)27-12-11-26-10-4-5-18(26)21(27)15-6-8-16(24)9-7-15/h4-10,13-14,21H,11-12H2,1-3H3,(H,25,28)/t21-/m0/s1. The molecule has 8 heteroatoms. The van der Waals surface area contributed by atoms with E-state index in [1.165, 1.54) is 21.3 Å². The Balaban J connectivity index is 1.66. The lowest BCUT2D eigenvalue weighted by atomic mass is 10.0. The fraction of sp³-hybridized carbons (Fsp3) is 0.261. The van der Waals surface area contributed by atoms with Crippen LogP contribution in [0.15, 0.2) is 54.7 Å². The summed E-state index contributed by atoms with van der Waals surface area (Å²) in [6.07, 6.45) is 2.03. The van der Waals surface area contributed by atoms with Crippen LogP contribution in [0.4, 0.5) is 10.5 Å². The van der Waals surface area contributed by atoms with Crippen molar-refractivity contribution in [1.82, 2.24) is 9.47 Å². The molecule has 4 rings (SSSR count). The van der Waals surface area contributed by atoms with Gasteiger partial charge in [-0.25, -0.2) is 4.79 Å². The number of ether oxygens (including phenoxy) is 3. The van der Waals surface area contributed by atoms with Crippen LogP contribution in [0, 0.1) is 0 Å². The number of nitrogens with one attached hydrogen (secondary N) is 1. The summed E-state index contributed by atoms with van der Waals surface area (Å²) in [6.45, 7) is 1.28. The van der Waals surface area contributed by atoms with Gasteiger partial charge in [0.25, 0.3) is 0 Å². The van der Waals surface area contributed by atoms with Crippen LogP contribution in [0.3, 0.4) is 0 Å². The molecule has 31 heavy (non-hydrogen) atoms. The van der Waals surface area contributed by atoms with Gasteiger partial charge in [-0.2, -0.15) is 0 Å². The number of methoxy groups -OCH3 is 3. The topological polar surface area (TPSA) is 65.0 Å². The number of amides is 2. The summed E-state index contributed by atoms with van der Waals surface area (Å²) < 4.78 is 18.3. The highest BCUT2D eigenvalue weighted by Crippen LogP contribution is 2.40. The number of carbonyl (C=O) groups excluding carboxylic acids is 1. The molecule has 0 saturated heterocycles. The van der Waals surface area contributed by atoms with Crippen LogP contribution < -0.4 is 19.5 Å². The van der Waals surface area contributed by atoms with Crippen molar-refractivity contribution in [2.45, 2.75) is 12.6 Å². The van der Waals surface area contributed by atoms with E-state index in [-0.39, 0.29) is 12.1 Å². The second-order valence-electron chi connectivity index (χ2n) is 7.12. The van der Waals surface area contributed by atoms with Gasteiger partial charge in [-0.05, 0) is 29.8 Å². The Bertz CT molecular complexity index is 1060. The first-order valence-corrected chi connectivity index (χ1v) is 10.2. The summed E-state index contributed by atoms with van der Waals surface area (Å²) in [5.41, 5.74) is 2.59. The molecule has 0 saturated carbocycles. The summed E-state index contributed by atoms with van der Waals surface area (Å²) >= 11 is 6.09. The van der Waals surface area contributed by atoms with Gasteiger partial charge in [-0.3, -0.25) is 0 Å². The molecule has 0 spiro atoms. The van der Waals surface area contributed by atoms with Crippen molar-refractivity contribution in [2.75, 3.05) is 33.2 Å². The molecule has 162 valence electrons. The highest BCUT2D eigenvalue weighted by atomic mass is 35.5. The van der Waals surface area contributed by atoms with E-state index < -0.39 is 0 Å². The molecule has 0 aliphatic carbocycles. The zero-order valence-electron chi connectivity index (χ0n) is 17.6. The molecule has 0 bridgehead atoms. The van der Waals surface area contributed by atoms with Gasteiger partial charge in [0, 0.05) is 42.1 Å². The molecule has 2 heterocycles. The molecular weight excluding hydrogens is 418 g/mol. The number of anilines is 1. The Morgan fingerprint density at radius 1 is 1.00 bits per heavy atom. The van der Waals surface area contributed by atoms with E-state index >= 15 is 0 Å². The molecule has 1 aromatic heterocycles. The van der Waals surface area contributed by atoms with E-state index in [1.807, 2.05) is 47.5 Å². The number of aromatic nitrogens is 1. The normalized spacial score (nSPS) is 15.2. The Morgan fingerprint density at radius 2 is 1.68 bits per heavy atom.